The van der Waals surface area contributed by atoms with Crippen molar-refractivity contribution in [1.82, 2.24) is 20.4 Å². The van der Waals surface area contributed by atoms with Gasteiger partial charge < -0.3 is 10.6 Å². The smallest absolute Gasteiger partial charge is 0.191 e. The Morgan fingerprint density at radius 3 is 2.69 bits per heavy atom. The van der Waals surface area contributed by atoms with E-state index >= 15 is 0 Å². The van der Waals surface area contributed by atoms with Gasteiger partial charge in [0, 0.05) is 12.7 Å². The molecule has 0 spiro atoms. The fourth-order valence-electron chi connectivity index (χ4n) is 2.50. The molecule has 0 fully saturated rings. The van der Waals surface area contributed by atoms with E-state index < -0.39 is 0 Å². The molecule has 0 atom stereocenters. The molecular weight excluding hydrogens is 329 g/mol. The van der Waals surface area contributed by atoms with Gasteiger partial charge in [0.15, 0.2) is 5.96 Å². The fourth-order valence-corrected chi connectivity index (χ4v) is 2.50. The molecule has 0 saturated heterocycles. The Labute approximate surface area is 152 Å². The van der Waals surface area contributed by atoms with E-state index in [-0.39, 0.29) is 5.82 Å². The summed E-state index contributed by atoms with van der Waals surface area (Å²) in [6, 6.07) is 18.4. The van der Waals surface area contributed by atoms with Crippen LogP contribution in [0.4, 0.5) is 4.39 Å². The second-order valence-corrected chi connectivity index (χ2v) is 5.77. The summed E-state index contributed by atoms with van der Waals surface area (Å²) in [4.78, 5) is 4.50. The van der Waals surface area contributed by atoms with E-state index in [9.17, 15) is 4.39 Å². The third kappa shape index (κ3) is 4.92. The molecule has 1 aromatic heterocycles. The van der Waals surface area contributed by atoms with Crippen LogP contribution in [-0.4, -0.2) is 22.3 Å². The maximum absolute atomic E-state index is 13.3. The number of rotatable bonds is 6. The molecule has 0 radical (unpaired) electrons. The van der Waals surface area contributed by atoms with Crippen LogP contribution >= 0.6 is 0 Å². The number of nitrogens with one attached hydrogen (secondary N) is 2. The Morgan fingerprint density at radius 2 is 1.92 bits per heavy atom. The first-order valence-electron chi connectivity index (χ1n) is 8.61. The Balaban J connectivity index is 1.62. The first-order chi connectivity index (χ1) is 12.7. The Morgan fingerprint density at radius 1 is 1.08 bits per heavy atom. The van der Waals surface area contributed by atoms with E-state index in [4.69, 9.17) is 0 Å². The van der Waals surface area contributed by atoms with Crippen LogP contribution in [0.3, 0.4) is 0 Å². The summed E-state index contributed by atoms with van der Waals surface area (Å²) in [5, 5.41) is 11.0. The number of guanidine groups is 1. The Kier molecular flexibility index (Phi) is 5.98. The van der Waals surface area contributed by atoms with Crippen molar-refractivity contribution in [2.45, 2.75) is 20.0 Å². The minimum Gasteiger partial charge on any atom is -0.357 e. The monoisotopic (exact) mass is 351 g/mol. The summed E-state index contributed by atoms with van der Waals surface area (Å²) in [6.07, 6.45) is 1.93. The summed E-state index contributed by atoms with van der Waals surface area (Å²) in [5.41, 5.74) is 2.76. The van der Waals surface area contributed by atoms with Crippen molar-refractivity contribution in [3.63, 3.8) is 0 Å². The van der Waals surface area contributed by atoms with Crippen molar-refractivity contribution in [1.29, 1.82) is 0 Å². The molecule has 2 N–H and O–H groups in total. The average Bonchev–Trinajstić information content (AvgIpc) is 3.14. The van der Waals surface area contributed by atoms with Gasteiger partial charge in [0.2, 0.25) is 0 Å². The summed E-state index contributed by atoms with van der Waals surface area (Å²) >= 11 is 0. The van der Waals surface area contributed by atoms with Gasteiger partial charge in [-0.15, -0.1) is 0 Å². The molecule has 6 heteroatoms. The van der Waals surface area contributed by atoms with Crippen LogP contribution in [-0.2, 0) is 13.1 Å². The molecule has 5 nitrogen and oxygen atoms in total. The first-order valence-corrected chi connectivity index (χ1v) is 8.61. The molecule has 26 heavy (non-hydrogen) atoms. The average molecular weight is 351 g/mol. The first kappa shape index (κ1) is 17.7. The second kappa shape index (κ2) is 8.80. The summed E-state index contributed by atoms with van der Waals surface area (Å²) in [5.74, 6) is 0.424. The number of hydrogen-bond acceptors (Lipinski definition) is 2. The molecule has 0 bridgehead atoms. The van der Waals surface area contributed by atoms with Crippen molar-refractivity contribution >= 4 is 5.96 Å². The lowest BCUT2D eigenvalue weighted by Crippen LogP contribution is -2.36. The SMILES string of the molecule is CCNC(=NCc1cccc(F)c1)NCc1ccn(-c2ccccc2)n1. The molecule has 0 amide bonds. The van der Waals surface area contributed by atoms with Crippen molar-refractivity contribution in [2.24, 2.45) is 4.99 Å². The van der Waals surface area contributed by atoms with E-state index in [1.165, 1.54) is 12.1 Å². The Hall–Kier alpha value is -3.15. The lowest BCUT2D eigenvalue weighted by atomic mass is 10.2. The lowest BCUT2D eigenvalue weighted by Gasteiger charge is -2.10. The standard InChI is InChI=1S/C20H22FN5/c1-2-22-20(23-14-16-7-6-8-17(21)13-16)24-15-18-11-12-26(25-18)19-9-4-3-5-10-19/h3-13H,2,14-15H2,1H3,(H2,22,23,24). The van der Waals surface area contributed by atoms with Crippen molar-refractivity contribution < 1.29 is 4.39 Å². The van der Waals surface area contributed by atoms with Crippen LogP contribution in [0.5, 0.6) is 0 Å². The highest BCUT2D eigenvalue weighted by molar-refractivity contribution is 5.79. The van der Waals surface area contributed by atoms with Gasteiger partial charge in [-0.3, -0.25) is 0 Å². The van der Waals surface area contributed by atoms with Crippen LogP contribution < -0.4 is 10.6 Å². The predicted molar refractivity (Wildman–Crippen MR) is 102 cm³/mol. The second-order valence-electron chi connectivity index (χ2n) is 5.77. The highest BCUT2D eigenvalue weighted by atomic mass is 19.1. The summed E-state index contributed by atoms with van der Waals surface area (Å²) < 4.78 is 15.1. The maximum atomic E-state index is 13.3. The van der Waals surface area contributed by atoms with Crippen LogP contribution in [0, 0.1) is 5.82 Å². The van der Waals surface area contributed by atoms with Crippen molar-refractivity contribution in [3.05, 3.63) is 83.9 Å². The molecule has 3 aromatic rings. The number of halogens is 1. The minimum absolute atomic E-state index is 0.248. The molecule has 134 valence electrons. The largest absolute Gasteiger partial charge is 0.357 e. The van der Waals surface area contributed by atoms with E-state index in [0.29, 0.717) is 19.0 Å². The minimum atomic E-state index is -0.248. The number of para-hydroxylation sites is 1. The number of nitrogens with zero attached hydrogens (tertiary/aromatic N) is 3. The highest BCUT2D eigenvalue weighted by Gasteiger charge is 2.03. The van der Waals surface area contributed by atoms with Gasteiger partial charge in [-0.1, -0.05) is 30.3 Å². The van der Waals surface area contributed by atoms with E-state index in [1.54, 1.807) is 6.07 Å². The molecule has 3 rings (SSSR count). The zero-order valence-electron chi connectivity index (χ0n) is 14.7. The van der Waals surface area contributed by atoms with Crippen molar-refractivity contribution in [2.75, 3.05) is 6.54 Å². The lowest BCUT2D eigenvalue weighted by molar-refractivity contribution is 0.625. The molecule has 0 aliphatic carbocycles. The highest BCUT2D eigenvalue weighted by Crippen LogP contribution is 2.07. The normalized spacial score (nSPS) is 11.4. The third-order valence-corrected chi connectivity index (χ3v) is 3.75. The molecule has 0 saturated carbocycles. The van der Waals surface area contributed by atoms with Crippen LogP contribution in [0.15, 0.2) is 71.9 Å². The zero-order chi connectivity index (χ0) is 18.2. The van der Waals surface area contributed by atoms with Gasteiger partial charge in [0.05, 0.1) is 24.5 Å². The maximum Gasteiger partial charge on any atom is 0.191 e. The Bertz CT molecular complexity index is 857. The predicted octanol–water partition coefficient (Wildman–Crippen LogP) is 3.27. The van der Waals surface area contributed by atoms with Gasteiger partial charge >= 0.3 is 0 Å². The van der Waals surface area contributed by atoms with Gasteiger partial charge in [-0.05, 0) is 42.8 Å². The van der Waals surface area contributed by atoms with Gasteiger partial charge in [-0.2, -0.15) is 5.10 Å². The van der Waals surface area contributed by atoms with Gasteiger partial charge in [0.1, 0.15) is 5.82 Å². The molecule has 0 unspecified atom stereocenters. The molecular formula is C20H22FN5. The third-order valence-electron chi connectivity index (χ3n) is 3.75. The van der Waals surface area contributed by atoms with Gasteiger partial charge in [0.25, 0.3) is 0 Å². The van der Waals surface area contributed by atoms with Crippen LogP contribution in [0.25, 0.3) is 5.69 Å². The number of aromatic nitrogens is 2. The molecule has 1 heterocycles. The number of aliphatic imine (C=N–C) groups is 1. The topological polar surface area (TPSA) is 54.2 Å². The number of hydrogen-bond donors (Lipinski definition) is 2. The summed E-state index contributed by atoms with van der Waals surface area (Å²) in [6.45, 7) is 3.71. The van der Waals surface area contributed by atoms with Crippen LogP contribution in [0.2, 0.25) is 0 Å². The van der Waals surface area contributed by atoms with E-state index in [0.717, 1.165) is 23.5 Å². The molecule has 0 aliphatic heterocycles. The van der Waals surface area contributed by atoms with Crippen molar-refractivity contribution in [3.8, 4) is 5.69 Å². The van der Waals surface area contributed by atoms with Crippen LogP contribution in [0.1, 0.15) is 18.2 Å². The molecule has 2 aromatic carbocycles. The molecule has 0 aliphatic rings. The zero-order valence-corrected chi connectivity index (χ0v) is 14.7. The van der Waals surface area contributed by atoms with Gasteiger partial charge in [-0.25, -0.2) is 14.1 Å². The van der Waals surface area contributed by atoms with E-state index in [1.807, 2.05) is 60.3 Å². The number of benzene rings is 2. The quantitative estimate of drug-likeness (QED) is 0.529. The van der Waals surface area contributed by atoms with E-state index in [2.05, 4.69) is 20.7 Å². The summed E-state index contributed by atoms with van der Waals surface area (Å²) in [7, 11) is 0. The fraction of sp³-hybridized carbons (Fsp3) is 0.200.